The van der Waals surface area contributed by atoms with Crippen LogP contribution in [0.5, 0.6) is 28.7 Å². The van der Waals surface area contributed by atoms with E-state index in [1.807, 2.05) is 24.9 Å². The minimum atomic E-state index is -0.888. The number of amides is 2. The van der Waals surface area contributed by atoms with Gasteiger partial charge in [-0.1, -0.05) is 6.07 Å². The van der Waals surface area contributed by atoms with Gasteiger partial charge in [-0.25, -0.2) is 0 Å². The molecule has 5 aliphatic heterocycles. The van der Waals surface area contributed by atoms with Gasteiger partial charge in [0.05, 0.1) is 41.3 Å². The van der Waals surface area contributed by atoms with Gasteiger partial charge in [-0.15, -0.1) is 0 Å². The number of nitriles is 1. The van der Waals surface area contributed by atoms with E-state index in [1.165, 1.54) is 26.2 Å². The van der Waals surface area contributed by atoms with E-state index >= 15 is 0 Å². The fraction of sp³-hybridized carbons (Fsp3) is 0.389. The first-order chi connectivity index (χ1) is 24.4. The van der Waals surface area contributed by atoms with Crippen LogP contribution in [0.1, 0.15) is 73.1 Å². The maximum absolute atomic E-state index is 14.0. The third kappa shape index (κ3) is 4.46. The maximum atomic E-state index is 14.0. The fourth-order valence-corrected chi connectivity index (χ4v) is 9.02. The maximum Gasteiger partial charge on any atom is 0.308 e. The summed E-state index contributed by atoms with van der Waals surface area (Å²) in [7, 11) is 3.40. The van der Waals surface area contributed by atoms with Crippen LogP contribution in [0.25, 0.3) is 0 Å². The van der Waals surface area contributed by atoms with Gasteiger partial charge in [0.1, 0.15) is 11.8 Å². The zero-order valence-corrected chi connectivity index (χ0v) is 28.4. The van der Waals surface area contributed by atoms with Gasteiger partial charge in [0.15, 0.2) is 23.0 Å². The highest BCUT2D eigenvalue weighted by atomic mass is 16.7. The molecule has 8 rings (SSSR count). The molecule has 0 radical (unpaired) electrons. The van der Waals surface area contributed by atoms with E-state index in [0.717, 1.165) is 22.1 Å². The number of hydrogen-bond donors (Lipinski definition) is 1. The van der Waals surface area contributed by atoms with Crippen LogP contribution < -0.4 is 18.9 Å². The number of non-ortho nitro benzene ring substituents is 1. The number of esters is 1. The van der Waals surface area contributed by atoms with E-state index in [0.29, 0.717) is 45.9 Å². The van der Waals surface area contributed by atoms with Crippen LogP contribution in [0.15, 0.2) is 24.3 Å². The molecule has 5 atom stereocenters. The van der Waals surface area contributed by atoms with E-state index in [1.54, 1.807) is 6.92 Å². The standard InChI is InChI=1S/C36H33N5O10/c1-15-8-18-9-23-25(12-37)40-24(29(38(23)4)27(18)30(43)31(15)48-5)11-22-28(34-33(49-14-50-34)16(2)32(22)51-17(3)42)26(40)13-39-35(44)20-7-6-19(41(46)47)10-21(20)36(39)45/h6-8,10,23-26,29,43H,9,11,13-14H2,1-5H3/t23?,24?,25?,26-,29?/m0/s1. The lowest BCUT2D eigenvalue weighted by molar-refractivity contribution is -0.384. The fourth-order valence-electron chi connectivity index (χ4n) is 9.02. The summed E-state index contributed by atoms with van der Waals surface area (Å²) >= 11 is 0. The highest BCUT2D eigenvalue weighted by Crippen LogP contribution is 2.58. The first-order valence-corrected chi connectivity index (χ1v) is 16.4. The number of aromatic hydroxyl groups is 1. The molecular formula is C36H33N5O10. The molecule has 2 amide bonds. The minimum Gasteiger partial charge on any atom is -0.504 e. The summed E-state index contributed by atoms with van der Waals surface area (Å²) in [5.41, 5.74) is 3.50. The number of rotatable bonds is 5. The average Bonchev–Trinajstić information content (AvgIpc) is 3.67. The molecule has 51 heavy (non-hydrogen) atoms. The highest BCUT2D eigenvalue weighted by molar-refractivity contribution is 6.21. The number of hydrogen-bond acceptors (Lipinski definition) is 13. The molecular weight excluding hydrogens is 662 g/mol. The Balaban J connectivity index is 1.36. The van der Waals surface area contributed by atoms with Gasteiger partial charge in [0.2, 0.25) is 6.79 Å². The first kappa shape index (κ1) is 32.5. The number of imide groups is 1. The number of phenols is 1. The Bertz CT molecular complexity index is 2160. The number of methoxy groups -OCH3 is 1. The van der Waals surface area contributed by atoms with Crippen molar-refractivity contribution in [1.82, 2.24) is 14.7 Å². The zero-order chi connectivity index (χ0) is 36.2. The van der Waals surface area contributed by atoms with Gasteiger partial charge < -0.3 is 24.1 Å². The summed E-state index contributed by atoms with van der Waals surface area (Å²) in [6.45, 7) is 4.49. The molecule has 1 fully saturated rings. The number of aryl methyl sites for hydroxylation is 1. The minimum absolute atomic E-state index is 0.00970. The van der Waals surface area contributed by atoms with Crippen molar-refractivity contribution in [3.05, 3.63) is 78.9 Å². The van der Waals surface area contributed by atoms with Crippen molar-refractivity contribution in [1.29, 1.82) is 5.26 Å². The number of nitro groups is 1. The largest absolute Gasteiger partial charge is 0.504 e. The molecule has 15 heteroatoms. The van der Waals surface area contributed by atoms with Gasteiger partial charge >= 0.3 is 5.97 Å². The summed E-state index contributed by atoms with van der Waals surface area (Å²) < 4.78 is 23.4. The second-order valence-electron chi connectivity index (χ2n) is 13.6. The molecule has 262 valence electrons. The van der Waals surface area contributed by atoms with Gasteiger partial charge in [-0.05, 0) is 50.9 Å². The molecule has 0 aliphatic carbocycles. The van der Waals surface area contributed by atoms with Gasteiger partial charge in [0, 0.05) is 59.9 Å². The molecule has 5 aliphatic rings. The van der Waals surface area contributed by atoms with Crippen molar-refractivity contribution in [2.45, 2.75) is 63.8 Å². The molecule has 2 bridgehead atoms. The lowest BCUT2D eigenvalue weighted by Crippen LogP contribution is -2.68. The SMILES string of the molecule is COc1c(C)cc2c(c1O)C1C3Cc4c(OC(C)=O)c(C)c5c(c4[C@H](CN4C(=O)c6ccc([N+](=O)[O-])cc6C4=O)N3C(C#N)C(C2)N1C)OCO5. The van der Waals surface area contributed by atoms with Crippen molar-refractivity contribution in [3.8, 4) is 34.8 Å². The van der Waals surface area contributed by atoms with Crippen LogP contribution in [-0.4, -0.2) is 88.1 Å². The molecule has 0 spiro atoms. The lowest BCUT2D eigenvalue weighted by Gasteiger charge is -2.60. The molecule has 0 aromatic heterocycles. The van der Waals surface area contributed by atoms with E-state index in [9.17, 15) is 34.9 Å². The quantitative estimate of drug-likeness (QED) is 0.134. The average molecular weight is 696 g/mol. The van der Waals surface area contributed by atoms with Crippen LogP contribution in [0.3, 0.4) is 0 Å². The lowest BCUT2D eigenvalue weighted by atomic mass is 9.71. The van der Waals surface area contributed by atoms with Crippen LogP contribution >= 0.6 is 0 Å². The van der Waals surface area contributed by atoms with Crippen LogP contribution in [-0.2, 0) is 17.6 Å². The van der Waals surface area contributed by atoms with Crippen molar-refractivity contribution in [2.75, 3.05) is 27.5 Å². The summed E-state index contributed by atoms with van der Waals surface area (Å²) in [5, 5.41) is 34.2. The van der Waals surface area contributed by atoms with Crippen LogP contribution in [0, 0.1) is 35.3 Å². The molecule has 3 aromatic carbocycles. The number of carbonyl (C=O) groups excluding carboxylic acids is 3. The van der Waals surface area contributed by atoms with Crippen molar-refractivity contribution >= 4 is 23.5 Å². The van der Waals surface area contributed by atoms with Crippen molar-refractivity contribution in [3.63, 3.8) is 0 Å². The summed E-state index contributed by atoms with van der Waals surface area (Å²) in [6, 6.07) is 4.94. The Hall–Kier alpha value is -5.72. The topological polar surface area (TPSA) is 185 Å². The molecule has 0 saturated carbocycles. The Kier molecular flexibility index (Phi) is 7.26. The molecule has 5 heterocycles. The third-order valence-electron chi connectivity index (χ3n) is 11.0. The number of likely N-dealkylation sites (N-methyl/N-ethyl adjacent to an activating group) is 1. The number of nitrogens with zero attached hydrogens (tertiary/aromatic N) is 5. The molecule has 3 aromatic rings. The van der Waals surface area contributed by atoms with E-state index in [2.05, 4.69) is 11.0 Å². The van der Waals surface area contributed by atoms with E-state index < -0.39 is 46.9 Å². The van der Waals surface area contributed by atoms with Crippen molar-refractivity contribution in [2.24, 2.45) is 0 Å². The number of phenolic OH excluding ortho intramolecular Hbond substituents is 1. The monoisotopic (exact) mass is 695 g/mol. The number of fused-ring (bicyclic) bond motifs is 10. The smallest absolute Gasteiger partial charge is 0.308 e. The normalized spacial score (nSPS) is 24.3. The number of piperazine rings is 1. The second kappa shape index (κ2) is 11.4. The Labute approximate surface area is 291 Å². The summed E-state index contributed by atoms with van der Waals surface area (Å²) in [6.07, 6.45) is 0.651. The zero-order valence-electron chi connectivity index (χ0n) is 28.4. The molecule has 1 N–H and O–H groups in total. The second-order valence-corrected chi connectivity index (χ2v) is 13.6. The number of benzene rings is 3. The number of carbonyl (C=O) groups is 3. The summed E-state index contributed by atoms with van der Waals surface area (Å²) in [5.74, 6) is -0.643. The van der Waals surface area contributed by atoms with Gasteiger partial charge in [-0.3, -0.25) is 39.2 Å². The predicted octanol–water partition coefficient (Wildman–Crippen LogP) is 3.65. The Morgan fingerprint density at radius 3 is 2.49 bits per heavy atom. The predicted molar refractivity (Wildman–Crippen MR) is 176 cm³/mol. The Morgan fingerprint density at radius 2 is 1.80 bits per heavy atom. The van der Waals surface area contributed by atoms with Crippen molar-refractivity contribution < 1.29 is 43.4 Å². The number of nitro benzene ring substituents is 1. The van der Waals surface area contributed by atoms with Crippen LogP contribution in [0.4, 0.5) is 5.69 Å². The molecule has 15 nitrogen and oxygen atoms in total. The van der Waals surface area contributed by atoms with Gasteiger partial charge in [-0.2, -0.15) is 5.26 Å². The highest BCUT2D eigenvalue weighted by Gasteiger charge is 2.57. The Morgan fingerprint density at radius 1 is 1.08 bits per heavy atom. The van der Waals surface area contributed by atoms with Crippen LogP contribution in [0.2, 0.25) is 0 Å². The third-order valence-corrected chi connectivity index (χ3v) is 11.0. The molecule has 4 unspecified atom stereocenters. The van der Waals surface area contributed by atoms with E-state index in [-0.39, 0.29) is 54.1 Å². The van der Waals surface area contributed by atoms with E-state index in [4.69, 9.17) is 18.9 Å². The van der Waals surface area contributed by atoms with Gasteiger partial charge in [0.25, 0.3) is 17.5 Å². The molecule has 1 saturated heterocycles. The summed E-state index contributed by atoms with van der Waals surface area (Å²) in [4.78, 5) is 56.5. The first-order valence-electron chi connectivity index (χ1n) is 16.4. The number of ether oxygens (including phenoxy) is 4.